The average Bonchev–Trinajstić information content (AvgIpc) is 2.88. The summed E-state index contributed by atoms with van der Waals surface area (Å²) in [5.74, 6) is 1.47. The molecular weight excluding hydrogens is 447 g/mol. The van der Waals surface area contributed by atoms with Crippen molar-refractivity contribution in [3.63, 3.8) is 0 Å². The molecule has 184 valence electrons. The molecule has 1 N–H and O–H groups in total. The van der Waals surface area contributed by atoms with Crippen LogP contribution in [0.1, 0.15) is 40.0 Å². The molecule has 0 saturated carbocycles. The first kappa shape index (κ1) is 24.5. The molecule has 35 heavy (non-hydrogen) atoms. The molecular formula is C28H31FN2O4. The van der Waals surface area contributed by atoms with Crippen molar-refractivity contribution in [3.05, 3.63) is 88.7 Å². The van der Waals surface area contributed by atoms with E-state index in [2.05, 4.69) is 10.2 Å². The van der Waals surface area contributed by atoms with Crippen molar-refractivity contribution in [1.29, 1.82) is 0 Å². The Morgan fingerprint density at radius 1 is 1.03 bits per heavy atom. The number of carbonyl (C=O) groups is 1. The lowest BCUT2D eigenvalue weighted by Gasteiger charge is -2.41. The predicted octanol–water partition coefficient (Wildman–Crippen LogP) is 4.77. The van der Waals surface area contributed by atoms with Gasteiger partial charge in [0.2, 0.25) is 0 Å². The Bertz CT molecular complexity index is 1200. The van der Waals surface area contributed by atoms with Crippen LogP contribution >= 0.6 is 0 Å². The number of ether oxygens (including phenoxy) is 3. The first-order chi connectivity index (χ1) is 16.9. The molecule has 7 heteroatoms. The van der Waals surface area contributed by atoms with E-state index >= 15 is 0 Å². The van der Waals surface area contributed by atoms with Gasteiger partial charge in [-0.1, -0.05) is 24.3 Å². The third-order valence-electron chi connectivity index (χ3n) is 6.52. The van der Waals surface area contributed by atoms with E-state index in [-0.39, 0.29) is 23.8 Å². The fourth-order valence-electron chi connectivity index (χ4n) is 4.77. The van der Waals surface area contributed by atoms with Crippen LogP contribution in [0.5, 0.6) is 17.2 Å². The summed E-state index contributed by atoms with van der Waals surface area (Å²) in [6, 6.07) is 17.3. The lowest BCUT2D eigenvalue weighted by Crippen LogP contribution is -2.47. The van der Waals surface area contributed by atoms with Crippen LogP contribution in [-0.2, 0) is 13.0 Å². The number of methoxy groups -OCH3 is 3. The number of hydrogen-bond acceptors (Lipinski definition) is 5. The second kappa shape index (κ2) is 10.8. The lowest BCUT2D eigenvalue weighted by molar-refractivity contribution is 0.0875. The number of halogens is 1. The molecule has 1 aliphatic rings. The smallest absolute Gasteiger partial charge is 0.251 e. The number of fused-ring (bicyclic) bond motifs is 1. The van der Waals surface area contributed by atoms with Gasteiger partial charge in [-0.05, 0) is 60.9 Å². The summed E-state index contributed by atoms with van der Waals surface area (Å²) < 4.78 is 30.9. The van der Waals surface area contributed by atoms with Crippen molar-refractivity contribution in [3.8, 4) is 17.2 Å². The molecule has 0 aliphatic carbocycles. The molecule has 3 aromatic carbocycles. The van der Waals surface area contributed by atoms with Crippen LogP contribution in [-0.4, -0.2) is 44.7 Å². The summed E-state index contributed by atoms with van der Waals surface area (Å²) in [7, 11) is 4.79. The number of carbonyl (C=O) groups excluding carboxylic acids is 1. The Morgan fingerprint density at radius 3 is 2.49 bits per heavy atom. The number of benzene rings is 3. The van der Waals surface area contributed by atoms with Gasteiger partial charge in [0.25, 0.3) is 5.91 Å². The molecule has 1 aliphatic heterocycles. The van der Waals surface area contributed by atoms with Crippen molar-refractivity contribution in [2.24, 2.45) is 0 Å². The zero-order valence-corrected chi connectivity index (χ0v) is 20.5. The van der Waals surface area contributed by atoms with Gasteiger partial charge in [0.1, 0.15) is 11.6 Å². The molecule has 4 rings (SSSR count). The summed E-state index contributed by atoms with van der Waals surface area (Å²) in [5.41, 5.74) is 3.29. The predicted molar refractivity (Wildman–Crippen MR) is 133 cm³/mol. The van der Waals surface area contributed by atoms with Gasteiger partial charge in [-0.15, -0.1) is 0 Å². The van der Waals surface area contributed by atoms with Gasteiger partial charge in [-0.3, -0.25) is 9.69 Å². The van der Waals surface area contributed by atoms with Gasteiger partial charge in [0, 0.05) is 30.3 Å². The van der Waals surface area contributed by atoms with Crippen molar-refractivity contribution < 1.29 is 23.4 Å². The van der Waals surface area contributed by atoms with Crippen LogP contribution in [0.4, 0.5) is 4.39 Å². The van der Waals surface area contributed by atoms with Gasteiger partial charge >= 0.3 is 0 Å². The zero-order valence-electron chi connectivity index (χ0n) is 20.5. The van der Waals surface area contributed by atoms with Crippen LogP contribution in [0.2, 0.25) is 0 Å². The molecule has 1 heterocycles. The summed E-state index contributed by atoms with van der Waals surface area (Å²) in [4.78, 5) is 15.3. The SMILES string of the molecule is COc1cccc(C(=O)NC(C)C2c3cc(OC)c(OC)cc3CCN2Cc2ccccc2F)c1. The number of hydrogen-bond donors (Lipinski definition) is 1. The molecule has 1 amide bonds. The van der Waals surface area contributed by atoms with Crippen molar-refractivity contribution >= 4 is 5.91 Å². The molecule has 0 aromatic heterocycles. The van der Waals surface area contributed by atoms with Crippen LogP contribution in [0.15, 0.2) is 60.7 Å². The molecule has 0 spiro atoms. The quantitative estimate of drug-likeness (QED) is 0.506. The second-order valence-corrected chi connectivity index (χ2v) is 8.66. The maximum Gasteiger partial charge on any atom is 0.251 e. The van der Waals surface area contributed by atoms with E-state index in [0.717, 1.165) is 17.5 Å². The number of rotatable bonds is 8. The first-order valence-electron chi connectivity index (χ1n) is 11.6. The summed E-state index contributed by atoms with van der Waals surface area (Å²) >= 11 is 0. The number of nitrogens with one attached hydrogen (secondary N) is 1. The number of nitrogens with zero attached hydrogens (tertiary/aromatic N) is 1. The highest BCUT2D eigenvalue weighted by molar-refractivity contribution is 5.94. The van der Waals surface area contributed by atoms with Gasteiger partial charge in [0.05, 0.1) is 27.4 Å². The van der Waals surface area contributed by atoms with Crippen molar-refractivity contribution in [2.45, 2.75) is 32.0 Å². The number of amides is 1. The molecule has 0 saturated heterocycles. The van der Waals surface area contributed by atoms with Gasteiger partial charge in [0.15, 0.2) is 11.5 Å². The molecule has 2 atom stereocenters. The third kappa shape index (κ3) is 5.25. The summed E-state index contributed by atoms with van der Waals surface area (Å²) in [6.45, 7) is 3.11. The van der Waals surface area contributed by atoms with Gasteiger partial charge in [-0.25, -0.2) is 4.39 Å². The van der Waals surface area contributed by atoms with Crippen LogP contribution in [0.25, 0.3) is 0 Å². The highest BCUT2D eigenvalue weighted by Gasteiger charge is 2.34. The second-order valence-electron chi connectivity index (χ2n) is 8.66. The maximum absolute atomic E-state index is 14.5. The molecule has 0 fully saturated rings. The van der Waals surface area contributed by atoms with Crippen molar-refractivity contribution in [1.82, 2.24) is 10.2 Å². The molecule has 2 unspecified atom stereocenters. The maximum atomic E-state index is 14.5. The minimum Gasteiger partial charge on any atom is -0.497 e. The highest BCUT2D eigenvalue weighted by Crippen LogP contribution is 2.40. The van der Waals surface area contributed by atoms with E-state index < -0.39 is 0 Å². The van der Waals surface area contributed by atoms with Gasteiger partial charge in [-0.2, -0.15) is 0 Å². The van der Waals surface area contributed by atoms with Crippen LogP contribution < -0.4 is 19.5 Å². The Hall–Kier alpha value is -3.58. The van der Waals surface area contributed by atoms with Crippen LogP contribution in [0.3, 0.4) is 0 Å². The highest BCUT2D eigenvalue weighted by atomic mass is 19.1. The standard InChI is InChI=1S/C28H31FN2O4/c1-18(30-28(32)20-9-7-10-22(14-20)33-2)27-23-16-26(35-4)25(34-3)15-19(23)12-13-31(27)17-21-8-5-6-11-24(21)29/h5-11,14-16,18,27H,12-13,17H2,1-4H3,(H,30,32). The minimum atomic E-state index is -0.280. The Kier molecular flexibility index (Phi) is 7.56. The molecule has 6 nitrogen and oxygen atoms in total. The minimum absolute atomic E-state index is 0.199. The lowest BCUT2D eigenvalue weighted by atomic mass is 9.87. The zero-order chi connectivity index (χ0) is 24.9. The van der Waals surface area contributed by atoms with E-state index in [4.69, 9.17) is 14.2 Å². The third-order valence-corrected chi connectivity index (χ3v) is 6.52. The van der Waals surface area contributed by atoms with Crippen molar-refractivity contribution in [2.75, 3.05) is 27.9 Å². The first-order valence-corrected chi connectivity index (χ1v) is 11.6. The normalized spacial score (nSPS) is 16.2. The fraction of sp³-hybridized carbons (Fsp3) is 0.321. The fourth-order valence-corrected chi connectivity index (χ4v) is 4.77. The Balaban J connectivity index is 1.69. The molecule has 0 radical (unpaired) electrons. The molecule has 0 bridgehead atoms. The van der Waals surface area contributed by atoms with E-state index in [1.54, 1.807) is 57.7 Å². The van der Waals surface area contributed by atoms with E-state index in [1.807, 2.05) is 25.1 Å². The summed E-state index contributed by atoms with van der Waals surface area (Å²) in [6.07, 6.45) is 0.775. The molecule has 3 aromatic rings. The topological polar surface area (TPSA) is 60.0 Å². The Morgan fingerprint density at radius 2 is 1.77 bits per heavy atom. The average molecular weight is 479 g/mol. The largest absolute Gasteiger partial charge is 0.497 e. The van der Waals surface area contributed by atoms with E-state index in [1.165, 1.54) is 6.07 Å². The van der Waals surface area contributed by atoms with Crippen LogP contribution in [0, 0.1) is 5.82 Å². The Labute approximate surface area is 205 Å². The van der Waals surface area contributed by atoms with E-state index in [0.29, 0.717) is 41.5 Å². The van der Waals surface area contributed by atoms with E-state index in [9.17, 15) is 9.18 Å². The van der Waals surface area contributed by atoms with Gasteiger partial charge < -0.3 is 19.5 Å². The monoisotopic (exact) mass is 478 g/mol. The summed E-state index contributed by atoms with van der Waals surface area (Å²) in [5, 5.41) is 3.15.